The molecule has 0 aliphatic carbocycles. The van der Waals surface area contributed by atoms with Gasteiger partial charge in [-0.05, 0) is 30.2 Å². The molecule has 1 aliphatic heterocycles. The van der Waals surface area contributed by atoms with Gasteiger partial charge in [-0.2, -0.15) is 0 Å². The Bertz CT molecular complexity index is 337. The Morgan fingerprint density at radius 1 is 1.69 bits per heavy atom. The van der Waals surface area contributed by atoms with E-state index in [2.05, 4.69) is 18.4 Å². The van der Waals surface area contributed by atoms with Crippen LogP contribution in [-0.4, -0.2) is 29.6 Å². The number of rotatable bonds is 3. The molecule has 2 rings (SSSR count). The minimum atomic E-state index is 0.296. The van der Waals surface area contributed by atoms with Gasteiger partial charge in [-0.1, -0.05) is 13.0 Å². The predicted octanol–water partition coefficient (Wildman–Crippen LogP) is 3.10. The van der Waals surface area contributed by atoms with Crippen LogP contribution < -0.4 is 0 Å². The van der Waals surface area contributed by atoms with Gasteiger partial charge in [0, 0.05) is 13.1 Å². The minimum Gasteiger partial charge on any atom is -0.342 e. The fraction of sp³-hybridized carbons (Fsp3) is 0.583. The first-order chi connectivity index (χ1) is 7.75. The van der Waals surface area contributed by atoms with Crippen LogP contribution in [0.15, 0.2) is 21.7 Å². The summed E-state index contributed by atoms with van der Waals surface area (Å²) >= 11 is 3.36. The van der Waals surface area contributed by atoms with E-state index >= 15 is 0 Å². The topological polar surface area (TPSA) is 20.3 Å². The van der Waals surface area contributed by atoms with Crippen molar-refractivity contribution in [1.29, 1.82) is 0 Å². The number of likely N-dealkylation sites (tertiary alicyclic amines) is 1. The highest BCUT2D eigenvalue weighted by Crippen LogP contribution is 2.24. The average molecular weight is 255 g/mol. The lowest BCUT2D eigenvalue weighted by atomic mass is 10.0. The van der Waals surface area contributed by atoms with Gasteiger partial charge in [-0.3, -0.25) is 4.79 Å². The van der Waals surface area contributed by atoms with E-state index in [0.29, 0.717) is 17.6 Å². The molecule has 1 amide bonds. The normalized spacial score (nSPS) is 21.1. The van der Waals surface area contributed by atoms with Crippen molar-refractivity contribution in [2.24, 2.45) is 5.92 Å². The molecule has 2 heterocycles. The minimum absolute atomic E-state index is 0.296. The van der Waals surface area contributed by atoms with Crippen LogP contribution in [0.25, 0.3) is 0 Å². The van der Waals surface area contributed by atoms with Crippen molar-refractivity contribution in [1.82, 2.24) is 4.90 Å². The molecule has 0 bridgehead atoms. The Kier molecular flexibility index (Phi) is 4.29. The maximum absolute atomic E-state index is 11.9. The summed E-state index contributed by atoms with van der Waals surface area (Å²) in [6.45, 7) is 4.13. The van der Waals surface area contributed by atoms with E-state index in [0.717, 1.165) is 19.5 Å². The van der Waals surface area contributed by atoms with E-state index in [1.54, 1.807) is 23.1 Å². The monoisotopic (exact) mass is 255 g/mol. The zero-order valence-electron chi connectivity index (χ0n) is 9.52. The molecule has 1 fully saturated rings. The second-order valence-electron chi connectivity index (χ2n) is 4.31. The van der Waals surface area contributed by atoms with Gasteiger partial charge in [0.2, 0.25) is 5.91 Å². The third kappa shape index (κ3) is 3.25. The highest BCUT2D eigenvalue weighted by Gasteiger charge is 2.20. The maximum atomic E-state index is 11.9. The number of carbonyl (C=O) groups excluding carboxylic acids is 1. The first kappa shape index (κ1) is 12.0. The number of thiophene rings is 1. The van der Waals surface area contributed by atoms with Gasteiger partial charge in [-0.15, -0.1) is 23.1 Å². The molecule has 1 atom stereocenters. The lowest BCUT2D eigenvalue weighted by Gasteiger charge is -2.30. The number of thioether (sulfide) groups is 1. The van der Waals surface area contributed by atoms with Crippen molar-refractivity contribution in [2.75, 3.05) is 18.8 Å². The molecule has 1 aliphatic rings. The Hall–Kier alpha value is -0.480. The molecule has 0 unspecified atom stereocenters. The van der Waals surface area contributed by atoms with Crippen molar-refractivity contribution in [3.63, 3.8) is 0 Å². The number of hydrogen-bond acceptors (Lipinski definition) is 3. The number of piperidine rings is 1. The standard InChI is InChI=1S/C12H17NOS2/c1-10-4-2-6-13(8-10)11(14)9-16-12-5-3-7-15-12/h3,5,7,10H,2,4,6,8-9H2,1H3/t10-/m0/s1. The summed E-state index contributed by atoms with van der Waals surface area (Å²) in [6.07, 6.45) is 2.43. The summed E-state index contributed by atoms with van der Waals surface area (Å²) in [5.41, 5.74) is 0. The first-order valence-corrected chi connectivity index (χ1v) is 7.56. The third-order valence-corrected chi connectivity index (χ3v) is 4.96. The summed E-state index contributed by atoms with van der Waals surface area (Å²) in [4.78, 5) is 14.0. The zero-order chi connectivity index (χ0) is 11.4. The largest absolute Gasteiger partial charge is 0.342 e. The second-order valence-corrected chi connectivity index (χ2v) is 6.53. The quantitative estimate of drug-likeness (QED) is 0.774. The highest BCUT2D eigenvalue weighted by atomic mass is 32.2. The van der Waals surface area contributed by atoms with Crippen molar-refractivity contribution >= 4 is 29.0 Å². The van der Waals surface area contributed by atoms with Crippen molar-refractivity contribution in [2.45, 2.75) is 24.0 Å². The van der Waals surface area contributed by atoms with E-state index in [9.17, 15) is 4.79 Å². The summed E-state index contributed by atoms with van der Waals surface area (Å²) < 4.78 is 1.23. The smallest absolute Gasteiger partial charge is 0.232 e. The van der Waals surface area contributed by atoms with Crippen LogP contribution in [0.1, 0.15) is 19.8 Å². The lowest BCUT2D eigenvalue weighted by Crippen LogP contribution is -2.40. The van der Waals surface area contributed by atoms with Gasteiger partial charge >= 0.3 is 0 Å². The Morgan fingerprint density at radius 2 is 2.56 bits per heavy atom. The molecule has 1 aromatic heterocycles. The summed E-state index contributed by atoms with van der Waals surface area (Å²) in [5.74, 6) is 1.56. The van der Waals surface area contributed by atoms with Crippen LogP contribution >= 0.6 is 23.1 Å². The van der Waals surface area contributed by atoms with Crippen molar-refractivity contribution < 1.29 is 4.79 Å². The second kappa shape index (κ2) is 5.73. The van der Waals surface area contributed by atoms with Crippen LogP contribution in [0.3, 0.4) is 0 Å². The van der Waals surface area contributed by atoms with E-state index < -0.39 is 0 Å². The number of amides is 1. The maximum Gasteiger partial charge on any atom is 0.232 e. The van der Waals surface area contributed by atoms with Crippen molar-refractivity contribution in [3.8, 4) is 0 Å². The molecular weight excluding hydrogens is 238 g/mol. The fourth-order valence-electron chi connectivity index (χ4n) is 1.99. The van der Waals surface area contributed by atoms with E-state index in [1.807, 2.05) is 11.0 Å². The van der Waals surface area contributed by atoms with E-state index in [1.165, 1.54) is 10.6 Å². The number of hydrogen-bond donors (Lipinski definition) is 0. The number of nitrogens with zero attached hydrogens (tertiary/aromatic N) is 1. The van der Waals surface area contributed by atoms with Gasteiger partial charge in [-0.25, -0.2) is 0 Å². The Labute approximate surface area is 105 Å². The summed E-state index contributed by atoms with van der Waals surface area (Å²) in [6, 6.07) is 4.10. The van der Waals surface area contributed by atoms with Crippen molar-refractivity contribution in [3.05, 3.63) is 17.5 Å². The SMILES string of the molecule is C[C@H]1CCCN(C(=O)CSc2cccs2)C1. The fourth-order valence-corrected chi connectivity index (χ4v) is 3.67. The molecule has 0 saturated carbocycles. The van der Waals surface area contributed by atoms with Gasteiger partial charge in [0.15, 0.2) is 0 Å². The summed E-state index contributed by atoms with van der Waals surface area (Å²) in [7, 11) is 0. The molecule has 1 aromatic rings. The van der Waals surface area contributed by atoms with Gasteiger partial charge in [0.25, 0.3) is 0 Å². The Morgan fingerprint density at radius 3 is 3.25 bits per heavy atom. The molecular formula is C12H17NOS2. The zero-order valence-corrected chi connectivity index (χ0v) is 11.1. The molecule has 2 nitrogen and oxygen atoms in total. The van der Waals surface area contributed by atoms with Crippen LogP contribution in [0.4, 0.5) is 0 Å². The predicted molar refractivity (Wildman–Crippen MR) is 70.0 cm³/mol. The Balaban J connectivity index is 1.79. The van der Waals surface area contributed by atoms with Gasteiger partial charge in [0.1, 0.15) is 0 Å². The van der Waals surface area contributed by atoms with Crippen LogP contribution in [-0.2, 0) is 4.79 Å². The van der Waals surface area contributed by atoms with Crippen LogP contribution in [0, 0.1) is 5.92 Å². The molecule has 88 valence electrons. The molecule has 0 spiro atoms. The molecule has 4 heteroatoms. The lowest BCUT2D eigenvalue weighted by molar-refractivity contribution is -0.130. The van der Waals surface area contributed by atoms with E-state index in [-0.39, 0.29) is 0 Å². The molecule has 0 aromatic carbocycles. The first-order valence-electron chi connectivity index (χ1n) is 5.70. The molecule has 16 heavy (non-hydrogen) atoms. The number of carbonyl (C=O) groups is 1. The van der Waals surface area contributed by atoms with Gasteiger partial charge in [0.05, 0.1) is 9.96 Å². The summed E-state index contributed by atoms with van der Waals surface area (Å²) in [5, 5.41) is 2.05. The molecule has 0 radical (unpaired) electrons. The molecule has 1 saturated heterocycles. The van der Waals surface area contributed by atoms with Crippen LogP contribution in [0.2, 0.25) is 0 Å². The van der Waals surface area contributed by atoms with E-state index in [4.69, 9.17) is 0 Å². The van der Waals surface area contributed by atoms with Gasteiger partial charge < -0.3 is 4.90 Å². The highest BCUT2D eigenvalue weighted by molar-refractivity contribution is 8.01. The van der Waals surface area contributed by atoms with Crippen LogP contribution in [0.5, 0.6) is 0 Å². The molecule has 0 N–H and O–H groups in total. The third-order valence-electron chi connectivity index (χ3n) is 2.84. The average Bonchev–Trinajstić information content (AvgIpc) is 2.78.